The molecule has 0 atom stereocenters. The molecule has 0 aromatic carbocycles. The van der Waals surface area contributed by atoms with Crippen LogP contribution in [0.5, 0.6) is 0 Å². The van der Waals surface area contributed by atoms with Crippen LogP contribution in [0.25, 0.3) is 0 Å². The number of hydrogen-bond donors (Lipinski definition) is 2. The van der Waals surface area contributed by atoms with Gasteiger partial charge in [-0.25, -0.2) is 0 Å². The SMILES string of the molecule is O=C(O)C(C1CCC1)(C1CCC1)N1CCNCC1. The number of aliphatic carboxylic acids is 1. The van der Waals surface area contributed by atoms with Crippen LogP contribution >= 0.6 is 0 Å². The van der Waals surface area contributed by atoms with Gasteiger partial charge in [0.1, 0.15) is 5.54 Å². The van der Waals surface area contributed by atoms with Gasteiger partial charge in [0.15, 0.2) is 0 Å². The number of rotatable bonds is 4. The highest BCUT2D eigenvalue weighted by molar-refractivity contribution is 5.80. The van der Waals surface area contributed by atoms with Crippen LogP contribution in [0.15, 0.2) is 0 Å². The summed E-state index contributed by atoms with van der Waals surface area (Å²) < 4.78 is 0. The van der Waals surface area contributed by atoms with Gasteiger partial charge in [0.2, 0.25) is 0 Å². The van der Waals surface area contributed by atoms with E-state index < -0.39 is 11.5 Å². The monoisotopic (exact) mass is 252 g/mol. The van der Waals surface area contributed by atoms with Crippen LogP contribution < -0.4 is 5.32 Å². The summed E-state index contributed by atoms with van der Waals surface area (Å²) in [6.45, 7) is 3.68. The molecule has 3 rings (SSSR count). The summed E-state index contributed by atoms with van der Waals surface area (Å²) in [5.74, 6) is 0.260. The molecular weight excluding hydrogens is 228 g/mol. The van der Waals surface area contributed by atoms with Gasteiger partial charge in [-0.2, -0.15) is 0 Å². The fourth-order valence-corrected chi connectivity index (χ4v) is 4.07. The van der Waals surface area contributed by atoms with E-state index in [0.29, 0.717) is 11.8 Å². The molecule has 0 aromatic rings. The van der Waals surface area contributed by atoms with Crippen molar-refractivity contribution in [2.75, 3.05) is 26.2 Å². The van der Waals surface area contributed by atoms with E-state index in [2.05, 4.69) is 10.2 Å². The van der Waals surface area contributed by atoms with E-state index in [0.717, 1.165) is 51.9 Å². The minimum Gasteiger partial charge on any atom is -0.480 e. The van der Waals surface area contributed by atoms with Gasteiger partial charge < -0.3 is 10.4 Å². The molecular formula is C14H24N2O2. The molecule has 4 heteroatoms. The Morgan fingerprint density at radius 2 is 1.56 bits per heavy atom. The van der Waals surface area contributed by atoms with Gasteiger partial charge in [0, 0.05) is 26.2 Å². The molecule has 3 fully saturated rings. The normalized spacial score (nSPS) is 27.6. The lowest BCUT2D eigenvalue weighted by atomic mass is 9.58. The Morgan fingerprint density at radius 1 is 1.06 bits per heavy atom. The number of carboxylic acid groups (broad SMARTS) is 1. The number of piperazine rings is 1. The molecule has 102 valence electrons. The van der Waals surface area contributed by atoms with Crippen molar-refractivity contribution >= 4 is 5.97 Å². The highest BCUT2D eigenvalue weighted by atomic mass is 16.4. The third kappa shape index (κ3) is 1.69. The average molecular weight is 252 g/mol. The Kier molecular flexibility index (Phi) is 3.32. The Morgan fingerprint density at radius 3 is 1.89 bits per heavy atom. The highest BCUT2D eigenvalue weighted by Gasteiger charge is 2.58. The van der Waals surface area contributed by atoms with Crippen LogP contribution in [0, 0.1) is 11.8 Å². The fourth-order valence-electron chi connectivity index (χ4n) is 4.07. The molecule has 2 saturated carbocycles. The number of carbonyl (C=O) groups is 1. The molecule has 1 heterocycles. The molecule has 0 spiro atoms. The first-order valence-corrected chi connectivity index (χ1v) is 7.45. The minimum atomic E-state index is -0.543. The molecule has 0 unspecified atom stereocenters. The zero-order chi connectivity index (χ0) is 12.6. The summed E-state index contributed by atoms with van der Waals surface area (Å²) in [5.41, 5.74) is -0.529. The summed E-state index contributed by atoms with van der Waals surface area (Å²) >= 11 is 0. The Balaban J connectivity index is 1.90. The van der Waals surface area contributed by atoms with E-state index in [1.165, 1.54) is 12.8 Å². The van der Waals surface area contributed by atoms with Gasteiger partial charge in [-0.05, 0) is 37.5 Å². The molecule has 1 saturated heterocycles. The van der Waals surface area contributed by atoms with Gasteiger partial charge >= 0.3 is 5.97 Å². The zero-order valence-corrected chi connectivity index (χ0v) is 11.0. The zero-order valence-electron chi connectivity index (χ0n) is 11.0. The first-order valence-electron chi connectivity index (χ1n) is 7.45. The van der Waals surface area contributed by atoms with Crippen LogP contribution in [0.1, 0.15) is 38.5 Å². The van der Waals surface area contributed by atoms with E-state index in [1.807, 2.05) is 0 Å². The number of nitrogens with zero attached hydrogens (tertiary/aromatic N) is 1. The fraction of sp³-hybridized carbons (Fsp3) is 0.929. The quantitative estimate of drug-likeness (QED) is 0.792. The van der Waals surface area contributed by atoms with E-state index in [4.69, 9.17) is 0 Å². The summed E-state index contributed by atoms with van der Waals surface area (Å²) in [4.78, 5) is 14.4. The lowest BCUT2D eigenvalue weighted by Gasteiger charge is -2.56. The van der Waals surface area contributed by atoms with Crippen LogP contribution in [-0.4, -0.2) is 47.7 Å². The maximum Gasteiger partial charge on any atom is 0.324 e. The number of nitrogens with one attached hydrogen (secondary N) is 1. The molecule has 0 amide bonds. The van der Waals surface area contributed by atoms with Crippen molar-refractivity contribution in [3.05, 3.63) is 0 Å². The third-order valence-corrected chi connectivity index (χ3v) is 5.44. The van der Waals surface area contributed by atoms with E-state index in [-0.39, 0.29) is 0 Å². The minimum absolute atomic E-state index is 0.401. The van der Waals surface area contributed by atoms with Crippen molar-refractivity contribution in [3.63, 3.8) is 0 Å². The van der Waals surface area contributed by atoms with Gasteiger partial charge in [0.05, 0.1) is 0 Å². The Bertz CT molecular complexity index is 304. The van der Waals surface area contributed by atoms with Gasteiger partial charge in [-0.3, -0.25) is 9.69 Å². The van der Waals surface area contributed by atoms with Crippen LogP contribution in [0.2, 0.25) is 0 Å². The van der Waals surface area contributed by atoms with Crippen LogP contribution in [0.3, 0.4) is 0 Å². The van der Waals surface area contributed by atoms with Crippen LogP contribution in [-0.2, 0) is 4.79 Å². The topological polar surface area (TPSA) is 52.6 Å². The van der Waals surface area contributed by atoms with Crippen molar-refractivity contribution in [3.8, 4) is 0 Å². The second-order valence-corrected chi connectivity index (χ2v) is 6.12. The largest absolute Gasteiger partial charge is 0.480 e. The molecule has 4 nitrogen and oxygen atoms in total. The highest BCUT2D eigenvalue weighted by Crippen LogP contribution is 2.50. The molecule has 1 aliphatic heterocycles. The van der Waals surface area contributed by atoms with Crippen molar-refractivity contribution < 1.29 is 9.90 Å². The first kappa shape index (κ1) is 12.4. The van der Waals surface area contributed by atoms with Gasteiger partial charge in [-0.1, -0.05) is 12.8 Å². The summed E-state index contributed by atoms with van der Waals surface area (Å²) in [6, 6.07) is 0. The number of carboxylic acids is 1. The second kappa shape index (κ2) is 4.82. The molecule has 2 aliphatic carbocycles. The van der Waals surface area contributed by atoms with Crippen molar-refractivity contribution in [2.24, 2.45) is 11.8 Å². The molecule has 3 aliphatic rings. The Labute approximate surface area is 109 Å². The first-order chi connectivity index (χ1) is 8.76. The van der Waals surface area contributed by atoms with E-state index in [9.17, 15) is 9.90 Å². The number of hydrogen-bond acceptors (Lipinski definition) is 3. The predicted molar refractivity (Wildman–Crippen MR) is 69.5 cm³/mol. The van der Waals surface area contributed by atoms with Crippen molar-refractivity contribution in [1.29, 1.82) is 0 Å². The smallest absolute Gasteiger partial charge is 0.324 e. The van der Waals surface area contributed by atoms with Crippen molar-refractivity contribution in [1.82, 2.24) is 10.2 Å². The van der Waals surface area contributed by atoms with E-state index in [1.54, 1.807) is 0 Å². The molecule has 0 aromatic heterocycles. The van der Waals surface area contributed by atoms with Crippen molar-refractivity contribution in [2.45, 2.75) is 44.1 Å². The second-order valence-electron chi connectivity index (χ2n) is 6.12. The molecule has 2 N–H and O–H groups in total. The summed E-state index contributed by atoms with van der Waals surface area (Å²) in [5, 5.41) is 13.3. The third-order valence-electron chi connectivity index (χ3n) is 5.44. The predicted octanol–water partition coefficient (Wildman–Crippen LogP) is 1.32. The maximum absolute atomic E-state index is 12.1. The van der Waals surface area contributed by atoms with Crippen LogP contribution in [0.4, 0.5) is 0 Å². The lowest BCUT2D eigenvalue weighted by molar-refractivity contribution is -0.171. The molecule has 18 heavy (non-hydrogen) atoms. The Hall–Kier alpha value is -0.610. The average Bonchev–Trinajstić information content (AvgIpc) is 2.24. The van der Waals surface area contributed by atoms with Gasteiger partial charge in [-0.15, -0.1) is 0 Å². The van der Waals surface area contributed by atoms with E-state index >= 15 is 0 Å². The molecule has 0 radical (unpaired) electrons. The maximum atomic E-state index is 12.1. The van der Waals surface area contributed by atoms with Gasteiger partial charge in [0.25, 0.3) is 0 Å². The summed E-state index contributed by atoms with van der Waals surface area (Å²) in [7, 11) is 0. The lowest BCUT2D eigenvalue weighted by Crippen LogP contribution is -2.69. The molecule has 0 bridgehead atoms. The standard InChI is InChI=1S/C14H24N2O2/c17-13(18)14(11-3-1-4-11,12-5-2-6-12)16-9-7-15-8-10-16/h11-12,15H,1-10H2,(H,17,18). The summed E-state index contributed by atoms with van der Waals surface area (Å²) in [6.07, 6.45) is 6.91.